The van der Waals surface area contributed by atoms with E-state index in [1.54, 1.807) is 36.4 Å². The number of carbonyl (C=O) groups excluding carboxylic acids is 1. The first-order valence-corrected chi connectivity index (χ1v) is 11.8. The molecule has 5 nitrogen and oxygen atoms in total. The summed E-state index contributed by atoms with van der Waals surface area (Å²) in [6, 6.07) is 10.00. The van der Waals surface area contributed by atoms with E-state index in [9.17, 15) is 13.2 Å². The maximum absolute atomic E-state index is 12.8. The number of sulfonamides is 1. The molecule has 1 saturated heterocycles. The fourth-order valence-corrected chi connectivity index (χ4v) is 6.94. The third-order valence-corrected chi connectivity index (χ3v) is 8.36. The number of halogens is 3. The molecule has 0 radical (unpaired) electrons. The largest absolute Gasteiger partial charge is 0.321 e. The summed E-state index contributed by atoms with van der Waals surface area (Å²) in [5, 5.41) is 4.46. The van der Waals surface area contributed by atoms with E-state index in [1.165, 1.54) is 15.6 Å². The Kier molecular flexibility index (Phi) is 5.22. The molecule has 1 aliphatic rings. The molecule has 4 rings (SSSR count). The van der Waals surface area contributed by atoms with E-state index in [0.29, 0.717) is 49.3 Å². The lowest BCUT2D eigenvalue weighted by Crippen LogP contribution is -2.25. The molecule has 1 fully saturated rings. The van der Waals surface area contributed by atoms with Gasteiger partial charge in [0.05, 0.1) is 21.5 Å². The van der Waals surface area contributed by atoms with Gasteiger partial charge in [-0.3, -0.25) is 9.10 Å². The van der Waals surface area contributed by atoms with E-state index in [1.807, 2.05) is 0 Å². The SMILES string of the molecule is O=C(Nc1cccc(N2CCCS2(=O)=O)c1)c1sc2cc(Cl)cc(Cl)c2c1Cl. The third kappa shape index (κ3) is 3.57. The Bertz CT molecular complexity index is 1210. The fourth-order valence-electron chi connectivity index (χ4n) is 3.11. The van der Waals surface area contributed by atoms with Gasteiger partial charge in [0.25, 0.3) is 5.91 Å². The molecule has 0 bridgehead atoms. The molecule has 1 aromatic heterocycles. The first-order chi connectivity index (χ1) is 13.3. The summed E-state index contributed by atoms with van der Waals surface area (Å²) in [5.74, 6) is -0.274. The zero-order chi connectivity index (χ0) is 20.1. The lowest BCUT2D eigenvalue weighted by molar-refractivity contribution is 0.103. The second kappa shape index (κ2) is 7.39. The molecule has 0 unspecified atom stereocenters. The van der Waals surface area contributed by atoms with Gasteiger partial charge in [0.1, 0.15) is 4.88 Å². The van der Waals surface area contributed by atoms with Crippen molar-refractivity contribution in [2.45, 2.75) is 6.42 Å². The van der Waals surface area contributed by atoms with Crippen molar-refractivity contribution >= 4 is 83.5 Å². The van der Waals surface area contributed by atoms with Crippen LogP contribution in [0.25, 0.3) is 10.1 Å². The molecule has 1 N–H and O–H groups in total. The molecule has 1 amide bonds. The van der Waals surface area contributed by atoms with Crippen LogP contribution in [0.1, 0.15) is 16.1 Å². The summed E-state index contributed by atoms with van der Waals surface area (Å²) in [4.78, 5) is 13.1. The molecule has 0 spiro atoms. The number of thiophene rings is 1. The molecule has 3 aromatic rings. The number of anilines is 2. The van der Waals surface area contributed by atoms with Crippen LogP contribution in [-0.4, -0.2) is 26.6 Å². The minimum Gasteiger partial charge on any atom is -0.321 e. The van der Waals surface area contributed by atoms with Crippen molar-refractivity contribution in [3.63, 3.8) is 0 Å². The molecule has 146 valence electrons. The Morgan fingerprint density at radius 2 is 1.93 bits per heavy atom. The summed E-state index contributed by atoms with van der Waals surface area (Å²) in [5.41, 5.74) is 0.995. The van der Waals surface area contributed by atoms with Gasteiger partial charge < -0.3 is 5.32 Å². The maximum atomic E-state index is 12.8. The van der Waals surface area contributed by atoms with Gasteiger partial charge in [0, 0.05) is 27.3 Å². The van der Waals surface area contributed by atoms with Gasteiger partial charge in [-0.15, -0.1) is 11.3 Å². The highest BCUT2D eigenvalue weighted by Crippen LogP contribution is 2.41. The van der Waals surface area contributed by atoms with E-state index in [4.69, 9.17) is 34.8 Å². The summed E-state index contributed by atoms with van der Waals surface area (Å²) < 4.78 is 26.3. The van der Waals surface area contributed by atoms with Crippen LogP contribution in [0.5, 0.6) is 0 Å². The number of fused-ring (bicyclic) bond motifs is 1. The number of rotatable bonds is 3. The molecular formula is C18H13Cl3N2O3S2. The zero-order valence-corrected chi connectivity index (χ0v) is 18.1. The lowest BCUT2D eigenvalue weighted by atomic mass is 10.2. The highest BCUT2D eigenvalue weighted by atomic mass is 35.5. The highest BCUT2D eigenvalue weighted by Gasteiger charge is 2.28. The van der Waals surface area contributed by atoms with Crippen molar-refractivity contribution in [2.24, 2.45) is 0 Å². The van der Waals surface area contributed by atoms with Crippen LogP contribution in [0.2, 0.25) is 15.1 Å². The Morgan fingerprint density at radius 3 is 2.64 bits per heavy atom. The monoisotopic (exact) mass is 474 g/mol. The first-order valence-electron chi connectivity index (χ1n) is 8.25. The van der Waals surface area contributed by atoms with Gasteiger partial charge in [-0.25, -0.2) is 8.42 Å². The van der Waals surface area contributed by atoms with Gasteiger partial charge in [0.15, 0.2) is 0 Å². The molecule has 0 saturated carbocycles. The molecule has 28 heavy (non-hydrogen) atoms. The average Bonchev–Trinajstić information content (AvgIpc) is 3.14. The van der Waals surface area contributed by atoms with E-state index in [-0.39, 0.29) is 10.8 Å². The second-order valence-electron chi connectivity index (χ2n) is 6.25. The molecule has 0 atom stereocenters. The van der Waals surface area contributed by atoms with E-state index < -0.39 is 15.9 Å². The van der Waals surface area contributed by atoms with E-state index in [0.717, 1.165) is 0 Å². The van der Waals surface area contributed by atoms with Crippen molar-refractivity contribution in [1.29, 1.82) is 0 Å². The quantitative estimate of drug-likeness (QED) is 0.532. The highest BCUT2D eigenvalue weighted by molar-refractivity contribution is 7.93. The number of nitrogens with zero attached hydrogens (tertiary/aromatic N) is 1. The summed E-state index contributed by atoms with van der Waals surface area (Å²) in [6.07, 6.45) is 0.583. The van der Waals surface area contributed by atoms with Crippen LogP contribution in [0.4, 0.5) is 11.4 Å². The predicted octanol–water partition coefficient (Wildman–Crippen LogP) is 5.65. The van der Waals surface area contributed by atoms with Crippen LogP contribution >= 0.6 is 46.1 Å². The van der Waals surface area contributed by atoms with Crippen LogP contribution in [-0.2, 0) is 10.0 Å². The second-order valence-corrected chi connectivity index (χ2v) is 10.5. The standard InChI is InChI=1S/C18H13Cl3N2O3S2/c19-10-7-13(20)15-14(8-10)27-17(16(15)21)18(24)22-11-3-1-4-12(9-11)23-5-2-6-28(23,25)26/h1,3-4,7-9H,2,5-6H2,(H,22,24). The van der Waals surface area contributed by atoms with Gasteiger partial charge in [0.2, 0.25) is 10.0 Å². The number of benzene rings is 2. The van der Waals surface area contributed by atoms with Crippen LogP contribution in [0.15, 0.2) is 36.4 Å². The van der Waals surface area contributed by atoms with Gasteiger partial charge in [-0.2, -0.15) is 0 Å². The molecular weight excluding hydrogens is 463 g/mol. The summed E-state index contributed by atoms with van der Waals surface area (Å²) in [6.45, 7) is 0.432. The van der Waals surface area contributed by atoms with Gasteiger partial charge in [-0.05, 0) is 36.8 Å². The first kappa shape index (κ1) is 19.8. The van der Waals surface area contributed by atoms with Crippen LogP contribution in [0, 0.1) is 0 Å². The van der Waals surface area contributed by atoms with E-state index >= 15 is 0 Å². The molecule has 2 aromatic carbocycles. The minimum absolute atomic E-state index is 0.129. The lowest BCUT2D eigenvalue weighted by Gasteiger charge is -2.17. The molecule has 1 aliphatic heterocycles. The molecule has 2 heterocycles. The Hall–Kier alpha value is -1.51. The van der Waals surface area contributed by atoms with Crippen molar-refractivity contribution < 1.29 is 13.2 Å². The van der Waals surface area contributed by atoms with Crippen molar-refractivity contribution in [1.82, 2.24) is 0 Å². The van der Waals surface area contributed by atoms with E-state index in [2.05, 4.69) is 5.32 Å². The Balaban J connectivity index is 1.65. The molecule has 0 aliphatic carbocycles. The van der Waals surface area contributed by atoms with Crippen molar-refractivity contribution in [3.8, 4) is 0 Å². The fraction of sp³-hybridized carbons (Fsp3) is 0.167. The average molecular weight is 476 g/mol. The van der Waals surface area contributed by atoms with Gasteiger partial charge in [-0.1, -0.05) is 40.9 Å². The Morgan fingerprint density at radius 1 is 1.14 bits per heavy atom. The maximum Gasteiger partial charge on any atom is 0.267 e. The number of nitrogens with one attached hydrogen (secondary N) is 1. The predicted molar refractivity (Wildman–Crippen MR) is 117 cm³/mol. The smallest absolute Gasteiger partial charge is 0.267 e. The normalized spacial score (nSPS) is 15.9. The van der Waals surface area contributed by atoms with Crippen molar-refractivity contribution in [3.05, 3.63) is 56.3 Å². The number of hydrogen-bond donors (Lipinski definition) is 1. The Labute approximate surface area is 180 Å². The summed E-state index contributed by atoms with van der Waals surface area (Å²) >= 11 is 19.8. The summed E-state index contributed by atoms with van der Waals surface area (Å²) in [7, 11) is -3.30. The third-order valence-electron chi connectivity index (χ3n) is 4.35. The molecule has 10 heteroatoms. The van der Waals surface area contributed by atoms with Crippen LogP contribution in [0.3, 0.4) is 0 Å². The van der Waals surface area contributed by atoms with Crippen LogP contribution < -0.4 is 9.62 Å². The number of hydrogen-bond acceptors (Lipinski definition) is 4. The number of carbonyl (C=O) groups is 1. The zero-order valence-electron chi connectivity index (χ0n) is 14.2. The van der Waals surface area contributed by atoms with Gasteiger partial charge >= 0.3 is 0 Å². The van der Waals surface area contributed by atoms with Crippen molar-refractivity contribution in [2.75, 3.05) is 21.9 Å². The topological polar surface area (TPSA) is 66.5 Å². The number of amides is 1. The minimum atomic E-state index is -3.30.